The largest absolute Gasteiger partial charge is 0.369 e. The van der Waals surface area contributed by atoms with Crippen LogP contribution < -0.4 is 41.3 Å². The van der Waals surface area contributed by atoms with Crippen LogP contribution >= 0.6 is 0 Å². The number of carbonyl (C=O) groups excluding carboxylic acids is 2. The second kappa shape index (κ2) is 36.6. The van der Waals surface area contributed by atoms with Gasteiger partial charge in [0.25, 0.3) is 0 Å². The SMILES string of the molecule is CC(=O)c1cccc2c(-c3cnn4cc(N5CCN(C6CCNCC6)CC5)cnc34)cccc12.Cc1cc(-c2cnn3cc(N4CCC(N5CCN(C)CC5)CC4)cnc23)c2ccccc2n1.Cc1cc(-c2cnn3cc(N4CCNCC4)cnc23)c2ccccc2n1.NC(=O)c1ccc(-c2cnn3cc(N4CCN(C5CCNCC5)CC4)cnc23)c2ccccc12. The van der Waals surface area contributed by atoms with Gasteiger partial charge in [-0.15, -0.1) is 0 Å². The highest BCUT2D eigenvalue weighted by Gasteiger charge is 2.31. The van der Waals surface area contributed by atoms with Gasteiger partial charge < -0.3 is 46.2 Å². The summed E-state index contributed by atoms with van der Waals surface area (Å²) in [6.45, 7) is 29.6. The molecule has 23 rings (SSSR count). The van der Waals surface area contributed by atoms with E-state index in [1.165, 1.54) is 64.7 Å². The number of hydrogen-bond acceptors (Lipinski definition) is 23. The third-order valence-corrected chi connectivity index (χ3v) is 27.1. The number of fused-ring (bicyclic) bond motifs is 8. The molecular weight excluding hydrogens is 1590 g/mol. The van der Waals surface area contributed by atoms with Crippen LogP contribution in [-0.4, -0.2) is 269 Å². The zero-order chi connectivity index (χ0) is 86.0. The standard InChI is InChI=1S/C27H30N6O.C26H29N7O.C26H31N7.C20H20N6/c1-19(34)22-4-2-6-24-23(22)5-3-7-25(24)26-17-30-33-18-21(16-29-27(26)33)32-14-12-31(13-15-32)20-8-10-28-11-9-20;27-25(34)23-6-5-22(20-3-1-2-4-21(20)23)24-16-30-33-17-19(15-29-26(24)33)32-13-11-31(12-14-32)18-7-9-28-10-8-18;1-19-15-23(22-5-3-4-6-25(22)29-19)24-17-28-33-18-21(16-27-26(24)33)31-9-7-20(8-10-31)32-13-11-30(2)12-14-32;1-14-10-17(16-4-2-3-5-19(16)24-14)18-12-23-26-13-15(11-22-20(18)26)25-8-6-21-7-9-25/h2-7,16-18,20,28H,8-15H2,1H3;1-6,15-18,28H,7-14H2,(H2,27,34);3-6,15-18,20H,7-14H2,1-2H3;2-5,10-13,21H,6-9H2,1H3. The van der Waals surface area contributed by atoms with Gasteiger partial charge in [-0.3, -0.25) is 34.3 Å². The summed E-state index contributed by atoms with van der Waals surface area (Å²) in [5, 5.41) is 34.9. The molecule has 1 amide bonds. The smallest absolute Gasteiger partial charge is 0.249 e. The molecule has 0 saturated carbocycles. The Kier molecular flexibility index (Phi) is 23.8. The molecule has 6 aromatic carbocycles. The van der Waals surface area contributed by atoms with Crippen molar-refractivity contribution in [2.45, 2.75) is 77.4 Å². The first-order valence-electron chi connectivity index (χ1n) is 45.3. The quantitative estimate of drug-likeness (QED) is 0.0781. The number of nitrogens with two attached hydrogens (primary N) is 1. The fourth-order valence-electron chi connectivity index (χ4n) is 20.2. The second-order valence-electron chi connectivity index (χ2n) is 34.8. The summed E-state index contributed by atoms with van der Waals surface area (Å²) in [6, 6.07) is 46.5. The molecule has 0 atom stereocenters. The summed E-state index contributed by atoms with van der Waals surface area (Å²) in [5.74, 6) is -0.351. The number of primary amides is 1. The third-order valence-electron chi connectivity index (χ3n) is 27.1. The summed E-state index contributed by atoms with van der Waals surface area (Å²) in [6.07, 6.45) is 31.3. The highest BCUT2D eigenvalue weighted by molar-refractivity contribution is 6.12. The molecule has 7 saturated heterocycles. The number of hydrogen-bond donors (Lipinski definition) is 4. The number of likely N-dealkylation sites (N-methyl/N-ethyl adjacent to an activating group) is 1. The minimum absolute atomic E-state index is 0.0747. The van der Waals surface area contributed by atoms with Crippen LogP contribution in [0.25, 0.3) is 110 Å². The summed E-state index contributed by atoms with van der Waals surface area (Å²) >= 11 is 0. The maximum absolute atomic E-state index is 12.1. The van der Waals surface area contributed by atoms with Crippen LogP contribution in [0.5, 0.6) is 0 Å². The van der Waals surface area contributed by atoms with Crippen molar-refractivity contribution in [2.75, 3.05) is 171 Å². The lowest BCUT2D eigenvalue weighted by Gasteiger charge is -2.42. The van der Waals surface area contributed by atoms with Crippen LogP contribution in [0.1, 0.15) is 77.6 Å². The van der Waals surface area contributed by atoms with Gasteiger partial charge in [-0.05, 0) is 167 Å². The van der Waals surface area contributed by atoms with Crippen molar-refractivity contribution in [3.05, 3.63) is 230 Å². The maximum Gasteiger partial charge on any atom is 0.249 e. The van der Waals surface area contributed by atoms with Gasteiger partial charge in [0.15, 0.2) is 28.4 Å². The Labute approximate surface area is 738 Å². The molecule has 5 N–H and O–H groups in total. The zero-order valence-electron chi connectivity index (χ0n) is 72.9. The van der Waals surface area contributed by atoms with E-state index in [9.17, 15) is 9.59 Å². The molecule has 16 aromatic rings. The Hall–Kier alpha value is -12.8. The first-order chi connectivity index (χ1) is 62.3. The number of aromatic nitrogens is 14. The van der Waals surface area contributed by atoms with Crippen LogP contribution in [-0.2, 0) is 0 Å². The number of benzene rings is 6. The molecule has 648 valence electrons. The predicted octanol–water partition coefficient (Wildman–Crippen LogP) is 12.3. The predicted molar refractivity (Wildman–Crippen MR) is 506 cm³/mol. The average molecular weight is 1700 g/mol. The molecule has 0 radical (unpaired) electrons. The van der Waals surface area contributed by atoms with E-state index in [-0.39, 0.29) is 5.78 Å². The van der Waals surface area contributed by atoms with Gasteiger partial charge in [0.05, 0.1) is 108 Å². The van der Waals surface area contributed by atoms with E-state index < -0.39 is 5.91 Å². The number of aryl methyl sites for hydroxylation is 2. The number of para-hydroxylation sites is 2. The Morgan fingerprint density at radius 1 is 0.331 bits per heavy atom. The van der Waals surface area contributed by atoms with Crippen molar-refractivity contribution in [3.8, 4) is 44.5 Å². The van der Waals surface area contributed by atoms with Crippen molar-refractivity contribution < 1.29 is 9.59 Å². The first kappa shape index (κ1) is 82.5. The fourth-order valence-corrected chi connectivity index (χ4v) is 20.2. The van der Waals surface area contributed by atoms with Crippen molar-refractivity contribution in [1.29, 1.82) is 0 Å². The molecule has 0 spiro atoms. The Morgan fingerprint density at radius 3 is 1.12 bits per heavy atom. The van der Waals surface area contributed by atoms with Gasteiger partial charge in [-0.2, -0.15) is 20.4 Å². The van der Waals surface area contributed by atoms with E-state index in [0.717, 1.165) is 274 Å². The minimum atomic E-state index is -0.425. The van der Waals surface area contributed by atoms with Crippen LogP contribution in [0.15, 0.2) is 208 Å². The highest BCUT2D eigenvalue weighted by atomic mass is 16.1. The van der Waals surface area contributed by atoms with Gasteiger partial charge in [0.2, 0.25) is 5.91 Å². The van der Waals surface area contributed by atoms with E-state index >= 15 is 0 Å². The molecule has 10 aromatic heterocycles. The number of Topliss-reactive ketones (excluding diaryl/α,β-unsaturated/α-hetero) is 1. The molecule has 7 fully saturated rings. The van der Waals surface area contributed by atoms with Gasteiger partial charge in [-0.25, -0.2) is 38.0 Å². The highest BCUT2D eigenvalue weighted by Crippen LogP contribution is 2.39. The van der Waals surface area contributed by atoms with Gasteiger partial charge in [-0.1, -0.05) is 103 Å². The number of nitrogens with one attached hydrogen (secondary N) is 3. The van der Waals surface area contributed by atoms with E-state index in [1.807, 2.05) is 160 Å². The Balaban J connectivity index is 0.000000107. The van der Waals surface area contributed by atoms with Crippen molar-refractivity contribution in [1.82, 2.24) is 104 Å². The van der Waals surface area contributed by atoms with Crippen LogP contribution in [0.4, 0.5) is 22.7 Å². The number of anilines is 4. The lowest BCUT2D eigenvalue weighted by molar-refractivity contribution is 0.0982. The van der Waals surface area contributed by atoms with Crippen molar-refractivity contribution in [3.63, 3.8) is 0 Å². The zero-order valence-corrected chi connectivity index (χ0v) is 72.9. The lowest BCUT2D eigenvalue weighted by Crippen LogP contribution is -2.52. The molecule has 0 aliphatic carbocycles. The Morgan fingerprint density at radius 2 is 0.677 bits per heavy atom. The number of nitrogens with zero attached hydrogens (tertiary/aromatic N) is 22. The number of rotatable bonds is 13. The number of piperazine rings is 4. The number of piperidine rings is 3. The topological polar surface area (TPSA) is 269 Å². The molecule has 17 heterocycles. The monoisotopic (exact) mass is 1690 g/mol. The molecule has 28 heteroatoms. The van der Waals surface area contributed by atoms with E-state index in [1.54, 1.807) is 13.0 Å². The molecule has 7 aliphatic heterocycles. The van der Waals surface area contributed by atoms with Crippen molar-refractivity contribution in [2.24, 2.45) is 5.73 Å². The molecular formula is C99H110N26O2. The number of amides is 1. The maximum atomic E-state index is 12.1. The fraction of sp³-hybridized carbons (Fsp3) is 0.354. The Bertz CT molecular complexity index is 6500. The van der Waals surface area contributed by atoms with E-state index in [4.69, 9.17) is 25.7 Å². The number of ketones is 1. The van der Waals surface area contributed by atoms with Gasteiger partial charge >= 0.3 is 0 Å². The van der Waals surface area contributed by atoms with E-state index in [2.05, 4.69) is 166 Å². The number of pyridine rings is 2. The summed E-state index contributed by atoms with van der Waals surface area (Å²) in [7, 11) is 2.22. The van der Waals surface area contributed by atoms with Gasteiger partial charge in [0, 0.05) is 191 Å². The average Bonchev–Trinajstić information content (AvgIpc) is 1.74. The normalized spacial score (nSPS) is 17.7. The van der Waals surface area contributed by atoms with Crippen molar-refractivity contribution >= 4 is 100 Å². The molecule has 127 heavy (non-hydrogen) atoms. The van der Waals surface area contributed by atoms with Crippen LogP contribution in [0, 0.1) is 13.8 Å². The minimum Gasteiger partial charge on any atom is -0.369 e. The summed E-state index contributed by atoms with van der Waals surface area (Å²) in [4.78, 5) is 72.7. The molecule has 0 bridgehead atoms. The molecule has 7 aliphatic rings. The lowest BCUT2D eigenvalue weighted by atomic mass is 9.95. The first-order valence-corrected chi connectivity index (χ1v) is 45.3. The van der Waals surface area contributed by atoms with Crippen LogP contribution in [0.2, 0.25) is 0 Å². The third kappa shape index (κ3) is 17.2. The molecule has 28 nitrogen and oxygen atoms in total. The summed E-state index contributed by atoms with van der Waals surface area (Å²) < 4.78 is 7.57. The number of carbonyl (C=O) groups is 2. The molecule has 0 unspecified atom stereocenters. The summed E-state index contributed by atoms with van der Waals surface area (Å²) in [5.41, 5.74) is 27.1. The van der Waals surface area contributed by atoms with Gasteiger partial charge in [0.1, 0.15) is 0 Å². The second-order valence-corrected chi connectivity index (χ2v) is 34.8. The van der Waals surface area contributed by atoms with E-state index in [0.29, 0.717) is 17.6 Å². The van der Waals surface area contributed by atoms with Crippen LogP contribution in [0.3, 0.4) is 0 Å².